The van der Waals surface area contributed by atoms with E-state index in [2.05, 4.69) is 10.3 Å². The zero-order chi connectivity index (χ0) is 20.1. The number of ether oxygens (including phenoxy) is 1. The van der Waals surface area contributed by atoms with Crippen LogP contribution < -0.4 is 15.0 Å². The normalized spacial score (nSPS) is 10.7. The number of nitrogens with zero attached hydrogens (tertiary/aromatic N) is 3. The van der Waals surface area contributed by atoms with Crippen LogP contribution >= 0.6 is 0 Å². The molecule has 0 saturated carbocycles. The van der Waals surface area contributed by atoms with Crippen LogP contribution in [0.3, 0.4) is 0 Å². The summed E-state index contributed by atoms with van der Waals surface area (Å²) >= 11 is 0. The molecule has 0 fully saturated rings. The first-order chi connectivity index (χ1) is 14.2. The minimum atomic E-state index is -0.0890. The van der Waals surface area contributed by atoms with E-state index in [0.717, 1.165) is 17.0 Å². The van der Waals surface area contributed by atoms with Crippen molar-refractivity contribution in [3.8, 4) is 5.75 Å². The van der Waals surface area contributed by atoms with Crippen molar-refractivity contribution in [1.29, 1.82) is 0 Å². The number of imidazole rings is 1. The Bertz CT molecular complexity index is 1080. The van der Waals surface area contributed by atoms with Crippen LogP contribution in [0.5, 0.6) is 5.75 Å². The molecule has 1 amide bonds. The second-order valence-corrected chi connectivity index (χ2v) is 6.75. The maximum Gasteiger partial charge on any atom is 0.243 e. The molecule has 0 unspecified atom stereocenters. The molecular weight excluding hydrogens is 364 g/mol. The lowest BCUT2D eigenvalue weighted by Gasteiger charge is -2.18. The van der Waals surface area contributed by atoms with E-state index >= 15 is 0 Å². The highest BCUT2D eigenvalue weighted by Crippen LogP contribution is 2.19. The molecule has 29 heavy (non-hydrogen) atoms. The Kier molecular flexibility index (Phi) is 5.42. The minimum Gasteiger partial charge on any atom is -0.487 e. The number of hydrogen-bond acceptors (Lipinski definition) is 4. The Morgan fingerprint density at radius 1 is 1.07 bits per heavy atom. The van der Waals surface area contributed by atoms with Gasteiger partial charge in [0.25, 0.3) is 0 Å². The number of carbonyl (C=O) groups is 1. The van der Waals surface area contributed by atoms with Gasteiger partial charge in [-0.05, 0) is 36.4 Å². The summed E-state index contributed by atoms with van der Waals surface area (Å²) in [4.78, 5) is 18.8. The Morgan fingerprint density at radius 2 is 1.90 bits per heavy atom. The van der Waals surface area contributed by atoms with E-state index in [0.29, 0.717) is 18.0 Å². The summed E-state index contributed by atoms with van der Waals surface area (Å²) in [6.07, 6.45) is 3.90. The van der Waals surface area contributed by atoms with Crippen LogP contribution in [0.25, 0.3) is 5.65 Å². The molecule has 0 atom stereocenters. The van der Waals surface area contributed by atoms with Gasteiger partial charge in [-0.25, -0.2) is 4.98 Å². The molecule has 6 heteroatoms. The fraction of sp³-hybridized carbons (Fsp3) is 0.130. The van der Waals surface area contributed by atoms with Crippen LogP contribution in [0.1, 0.15) is 5.69 Å². The highest BCUT2D eigenvalue weighted by molar-refractivity contribution is 5.94. The number of nitrogens with one attached hydrogen (secondary N) is 1. The van der Waals surface area contributed by atoms with E-state index in [1.54, 1.807) is 0 Å². The SMILES string of the molecule is CN(CC(=O)Nc1cccc(OCc2cn3ccccc3n2)c1)c1ccccc1. The number of amides is 1. The smallest absolute Gasteiger partial charge is 0.243 e. The van der Waals surface area contributed by atoms with Gasteiger partial charge >= 0.3 is 0 Å². The quantitative estimate of drug-likeness (QED) is 0.522. The third-order valence-electron chi connectivity index (χ3n) is 4.50. The Hall–Kier alpha value is -3.80. The van der Waals surface area contributed by atoms with Gasteiger partial charge in [-0.2, -0.15) is 0 Å². The van der Waals surface area contributed by atoms with E-state index in [9.17, 15) is 4.79 Å². The molecular formula is C23H22N4O2. The topological polar surface area (TPSA) is 58.9 Å². The molecule has 146 valence electrons. The van der Waals surface area contributed by atoms with Gasteiger partial charge in [-0.3, -0.25) is 4.79 Å². The molecule has 0 aliphatic carbocycles. The average molecular weight is 386 g/mol. The van der Waals surface area contributed by atoms with E-state index in [1.807, 2.05) is 102 Å². The van der Waals surface area contributed by atoms with E-state index in [4.69, 9.17) is 4.74 Å². The molecule has 0 saturated heterocycles. The summed E-state index contributed by atoms with van der Waals surface area (Å²) < 4.78 is 7.81. The Balaban J connectivity index is 1.35. The highest BCUT2D eigenvalue weighted by Gasteiger charge is 2.08. The maximum absolute atomic E-state index is 12.4. The first-order valence-electron chi connectivity index (χ1n) is 9.39. The molecule has 2 aromatic heterocycles. The third-order valence-corrected chi connectivity index (χ3v) is 4.50. The van der Waals surface area contributed by atoms with Crippen molar-refractivity contribution in [2.45, 2.75) is 6.61 Å². The zero-order valence-corrected chi connectivity index (χ0v) is 16.2. The number of hydrogen-bond donors (Lipinski definition) is 1. The molecule has 4 rings (SSSR count). The number of likely N-dealkylation sites (N-methyl/N-ethyl adjacent to an activating group) is 1. The van der Waals surface area contributed by atoms with Crippen LogP contribution in [0, 0.1) is 0 Å². The summed E-state index contributed by atoms with van der Waals surface area (Å²) in [6, 6.07) is 23.0. The van der Waals surface area contributed by atoms with Gasteiger partial charge in [-0.15, -0.1) is 0 Å². The summed E-state index contributed by atoms with van der Waals surface area (Å²) in [5.74, 6) is 0.588. The van der Waals surface area contributed by atoms with Gasteiger partial charge in [-0.1, -0.05) is 30.3 Å². The first-order valence-corrected chi connectivity index (χ1v) is 9.39. The van der Waals surface area contributed by atoms with Crippen molar-refractivity contribution in [2.75, 3.05) is 23.8 Å². The van der Waals surface area contributed by atoms with Gasteiger partial charge in [0.1, 0.15) is 18.0 Å². The molecule has 0 bridgehead atoms. The van der Waals surface area contributed by atoms with Crippen LogP contribution in [0.15, 0.2) is 85.2 Å². The van der Waals surface area contributed by atoms with Crippen molar-refractivity contribution < 1.29 is 9.53 Å². The fourth-order valence-corrected chi connectivity index (χ4v) is 3.07. The van der Waals surface area contributed by atoms with Gasteiger partial charge in [0.2, 0.25) is 5.91 Å². The number of pyridine rings is 1. The molecule has 0 spiro atoms. The average Bonchev–Trinajstić information content (AvgIpc) is 3.16. The standard InChI is InChI=1S/C23H22N4O2/c1-26(20-9-3-2-4-10-20)16-23(28)25-18-8-7-11-21(14-18)29-17-19-15-27-13-6-5-12-22(27)24-19/h2-15H,16-17H2,1H3,(H,25,28). The van der Waals surface area contributed by atoms with Crippen molar-refractivity contribution in [3.63, 3.8) is 0 Å². The number of benzene rings is 2. The van der Waals surface area contributed by atoms with Crippen LogP contribution in [0.2, 0.25) is 0 Å². The predicted octanol–water partition coefficient (Wildman–Crippen LogP) is 3.99. The Labute approximate surface area is 169 Å². The summed E-state index contributed by atoms with van der Waals surface area (Å²) in [5, 5.41) is 2.92. The lowest BCUT2D eigenvalue weighted by Crippen LogP contribution is -2.29. The number of rotatable bonds is 7. The molecule has 1 N–H and O–H groups in total. The first kappa shape index (κ1) is 18.6. The number of carbonyl (C=O) groups excluding carboxylic acids is 1. The van der Waals surface area contributed by atoms with Gasteiger partial charge in [0.05, 0.1) is 12.2 Å². The van der Waals surface area contributed by atoms with Crippen molar-refractivity contribution in [3.05, 3.63) is 90.9 Å². The van der Waals surface area contributed by atoms with Crippen LogP contribution in [-0.2, 0) is 11.4 Å². The van der Waals surface area contributed by atoms with E-state index in [-0.39, 0.29) is 12.5 Å². The van der Waals surface area contributed by atoms with E-state index in [1.165, 1.54) is 0 Å². The predicted molar refractivity (Wildman–Crippen MR) is 114 cm³/mol. The molecule has 4 aromatic rings. The summed E-state index contributed by atoms with van der Waals surface area (Å²) in [6.45, 7) is 0.617. The van der Waals surface area contributed by atoms with Crippen molar-refractivity contribution in [1.82, 2.24) is 9.38 Å². The zero-order valence-electron chi connectivity index (χ0n) is 16.2. The summed E-state index contributed by atoms with van der Waals surface area (Å²) in [5.41, 5.74) is 3.42. The second kappa shape index (κ2) is 8.48. The molecule has 0 aliphatic heterocycles. The van der Waals surface area contributed by atoms with Crippen LogP contribution in [0.4, 0.5) is 11.4 Å². The number of fused-ring (bicyclic) bond motifs is 1. The maximum atomic E-state index is 12.4. The molecule has 2 aromatic carbocycles. The van der Waals surface area contributed by atoms with Crippen LogP contribution in [-0.4, -0.2) is 28.9 Å². The number of aromatic nitrogens is 2. The van der Waals surface area contributed by atoms with Gasteiger partial charge in [0.15, 0.2) is 0 Å². The third kappa shape index (κ3) is 4.73. The second-order valence-electron chi connectivity index (χ2n) is 6.75. The van der Waals surface area contributed by atoms with Crippen molar-refractivity contribution >= 4 is 22.9 Å². The molecule has 2 heterocycles. The van der Waals surface area contributed by atoms with E-state index < -0.39 is 0 Å². The largest absolute Gasteiger partial charge is 0.487 e. The molecule has 6 nitrogen and oxygen atoms in total. The molecule has 0 aliphatic rings. The lowest BCUT2D eigenvalue weighted by molar-refractivity contribution is -0.114. The number of anilines is 2. The lowest BCUT2D eigenvalue weighted by atomic mass is 10.3. The minimum absolute atomic E-state index is 0.0890. The molecule has 0 radical (unpaired) electrons. The van der Waals surface area contributed by atoms with Gasteiger partial charge < -0.3 is 19.4 Å². The Morgan fingerprint density at radius 3 is 2.72 bits per heavy atom. The monoisotopic (exact) mass is 386 g/mol. The summed E-state index contributed by atoms with van der Waals surface area (Å²) in [7, 11) is 1.89. The van der Waals surface area contributed by atoms with Gasteiger partial charge in [0, 0.05) is 36.9 Å². The fourth-order valence-electron chi connectivity index (χ4n) is 3.07. The van der Waals surface area contributed by atoms with Crippen molar-refractivity contribution in [2.24, 2.45) is 0 Å². The highest BCUT2D eigenvalue weighted by atomic mass is 16.5. The number of para-hydroxylation sites is 1.